The minimum Gasteiger partial charge on any atom is -0.369 e. The number of nitrogens with one attached hydrogen (secondary N) is 1. The summed E-state index contributed by atoms with van der Waals surface area (Å²) < 4.78 is 6.22. The van der Waals surface area contributed by atoms with Gasteiger partial charge < -0.3 is 10.1 Å². The SMILES string of the molecule is CC(C)OCC(=O)Nc1ccccc1I. The van der Waals surface area contributed by atoms with Gasteiger partial charge in [-0.3, -0.25) is 4.79 Å². The van der Waals surface area contributed by atoms with Crippen LogP contribution < -0.4 is 5.32 Å². The highest BCUT2D eigenvalue weighted by Crippen LogP contribution is 2.16. The van der Waals surface area contributed by atoms with Crippen LogP contribution >= 0.6 is 22.6 Å². The third-order valence-electron chi connectivity index (χ3n) is 1.70. The standard InChI is InChI=1S/C11H14INO2/c1-8(2)15-7-11(14)13-10-6-4-3-5-9(10)12/h3-6,8H,7H2,1-2H3,(H,13,14). The van der Waals surface area contributed by atoms with Crippen molar-refractivity contribution in [1.82, 2.24) is 0 Å². The van der Waals surface area contributed by atoms with Crippen molar-refractivity contribution in [3.05, 3.63) is 27.8 Å². The molecule has 0 aliphatic carbocycles. The fourth-order valence-corrected chi connectivity index (χ4v) is 1.51. The summed E-state index contributed by atoms with van der Waals surface area (Å²) in [6, 6.07) is 7.64. The van der Waals surface area contributed by atoms with Crippen LogP contribution in [0.4, 0.5) is 5.69 Å². The summed E-state index contributed by atoms with van der Waals surface area (Å²) in [7, 11) is 0. The van der Waals surface area contributed by atoms with E-state index in [0.29, 0.717) is 0 Å². The zero-order valence-corrected chi connectivity index (χ0v) is 10.9. The molecule has 0 radical (unpaired) electrons. The number of carbonyl (C=O) groups excluding carboxylic acids is 1. The topological polar surface area (TPSA) is 38.3 Å². The molecule has 0 atom stereocenters. The highest BCUT2D eigenvalue weighted by Gasteiger charge is 2.05. The van der Waals surface area contributed by atoms with Crippen molar-refractivity contribution in [1.29, 1.82) is 0 Å². The maximum atomic E-state index is 11.4. The van der Waals surface area contributed by atoms with Gasteiger partial charge in [0.2, 0.25) is 5.91 Å². The first kappa shape index (κ1) is 12.4. The maximum absolute atomic E-state index is 11.4. The average Bonchev–Trinajstić information content (AvgIpc) is 2.18. The Labute approximate surface area is 103 Å². The maximum Gasteiger partial charge on any atom is 0.250 e. The summed E-state index contributed by atoms with van der Waals surface area (Å²) in [5.74, 6) is -0.118. The predicted octanol–water partition coefficient (Wildman–Crippen LogP) is 2.65. The molecule has 0 aromatic heterocycles. The summed E-state index contributed by atoms with van der Waals surface area (Å²) in [6.07, 6.45) is 0.0746. The van der Waals surface area contributed by atoms with Crippen LogP contribution in [0.25, 0.3) is 0 Å². The van der Waals surface area contributed by atoms with Gasteiger partial charge in [-0.1, -0.05) is 12.1 Å². The normalized spacial score (nSPS) is 10.4. The van der Waals surface area contributed by atoms with E-state index in [1.807, 2.05) is 38.1 Å². The molecular formula is C11H14INO2. The minimum absolute atomic E-state index is 0.0746. The zero-order chi connectivity index (χ0) is 11.3. The summed E-state index contributed by atoms with van der Waals surface area (Å²) >= 11 is 2.18. The molecule has 0 aliphatic rings. The van der Waals surface area contributed by atoms with Crippen molar-refractivity contribution in [2.75, 3.05) is 11.9 Å². The van der Waals surface area contributed by atoms with Crippen LogP contribution in [0, 0.1) is 3.57 Å². The van der Waals surface area contributed by atoms with Crippen molar-refractivity contribution in [2.24, 2.45) is 0 Å². The van der Waals surface area contributed by atoms with Gasteiger partial charge >= 0.3 is 0 Å². The van der Waals surface area contributed by atoms with E-state index in [2.05, 4.69) is 27.9 Å². The number of hydrogen-bond donors (Lipinski definition) is 1. The van der Waals surface area contributed by atoms with Crippen LogP contribution in [-0.2, 0) is 9.53 Å². The van der Waals surface area contributed by atoms with Gasteiger partial charge in [0.1, 0.15) is 6.61 Å². The fraction of sp³-hybridized carbons (Fsp3) is 0.364. The van der Waals surface area contributed by atoms with Crippen LogP contribution in [0.2, 0.25) is 0 Å². The van der Waals surface area contributed by atoms with E-state index in [0.717, 1.165) is 9.26 Å². The number of benzene rings is 1. The molecule has 0 bridgehead atoms. The monoisotopic (exact) mass is 319 g/mol. The van der Waals surface area contributed by atoms with E-state index in [-0.39, 0.29) is 18.6 Å². The molecule has 82 valence electrons. The van der Waals surface area contributed by atoms with Crippen molar-refractivity contribution in [3.63, 3.8) is 0 Å². The van der Waals surface area contributed by atoms with E-state index in [4.69, 9.17) is 4.74 Å². The van der Waals surface area contributed by atoms with E-state index < -0.39 is 0 Å². The molecule has 0 fully saturated rings. The van der Waals surface area contributed by atoms with Crippen molar-refractivity contribution in [2.45, 2.75) is 20.0 Å². The third-order valence-corrected chi connectivity index (χ3v) is 2.64. The van der Waals surface area contributed by atoms with Gasteiger partial charge in [0.15, 0.2) is 0 Å². The van der Waals surface area contributed by atoms with Gasteiger partial charge in [0, 0.05) is 3.57 Å². The molecule has 0 spiro atoms. The smallest absolute Gasteiger partial charge is 0.250 e. The molecular weight excluding hydrogens is 305 g/mol. The lowest BCUT2D eigenvalue weighted by molar-refractivity contribution is -0.121. The molecule has 0 saturated heterocycles. The van der Waals surface area contributed by atoms with Gasteiger partial charge in [-0.05, 0) is 48.6 Å². The van der Waals surface area contributed by atoms with Gasteiger partial charge in [0.25, 0.3) is 0 Å². The molecule has 3 nitrogen and oxygen atoms in total. The van der Waals surface area contributed by atoms with Crippen LogP contribution in [0.5, 0.6) is 0 Å². The minimum atomic E-state index is -0.118. The molecule has 0 heterocycles. The summed E-state index contributed by atoms with van der Waals surface area (Å²) in [4.78, 5) is 11.4. The van der Waals surface area contributed by atoms with E-state index in [1.165, 1.54) is 0 Å². The largest absolute Gasteiger partial charge is 0.369 e. The molecule has 1 rings (SSSR count). The number of carbonyl (C=O) groups is 1. The Bertz CT molecular complexity index is 339. The Kier molecular flexibility index (Phi) is 5.04. The summed E-state index contributed by atoms with van der Waals surface area (Å²) in [5, 5.41) is 2.79. The second-order valence-electron chi connectivity index (χ2n) is 3.39. The van der Waals surface area contributed by atoms with Gasteiger partial charge in [-0.15, -0.1) is 0 Å². The van der Waals surface area contributed by atoms with E-state index in [1.54, 1.807) is 0 Å². The number of ether oxygens (including phenoxy) is 1. The van der Waals surface area contributed by atoms with Crippen LogP contribution in [-0.4, -0.2) is 18.6 Å². The number of hydrogen-bond acceptors (Lipinski definition) is 2. The van der Waals surface area contributed by atoms with Crippen molar-refractivity contribution >= 4 is 34.2 Å². The van der Waals surface area contributed by atoms with Crippen LogP contribution in [0.3, 0.4) is 0 Å². The quantitative estimate of drug-likeness (QED) is 0.867. The molecule has 4 heteroatoms. The number of rotatable bonds is 4. The van der Waals surface area contributed by atoms with Crippen LogP contribution in [0.1, 0.15) is 13.8 Å². The molecule has 0 unspecified atom stereocenters. The molecule has 1 amide bonds. The Balaban J connectivity index is 2.48. The van der Waals surface area contributed by atoms with Gasteiger partial charge in [-0.2, -0.15) is 0 Å². The lowest BCUT2D eigenvalue weighted by Gasteiger charge is -2.09. The van der Waals surface area contributed by atoms with E-state index in [9.17, 15) is 4.79 Å². The number of anilines is 1. The molecule has 1 N–H and O–H groups in total. The summed E-state index contributed by atoms with van der Waals surface area (Å²) in [5.41, 5.74) is 0.829. The highest BCUT2D eigenvalue weighted by molar-refractivity contribution is 14.1. The lowest BCUT2D eigenvalue weighted by atomic mass is 10.3. The first-order valence-corrected chi connectivity index (χ1v) is 5.83. The van der Waals surface area contributed by atoms with Crippen molar-refractivity contribution < 1.29 is 9.53 Å². The number of para-hydroxylation sites is 1. The van der Waals surface area contributed by atoms with Crippen LogP contribution in [0.15, 0.2) is 24.3 Å². The Hall–Kier alpha value is -0.620. The van der Waals surface area contributed by atoms with E-state index >= 15 is 0 Å². The molecule has 1 aromatic rings. The molecule has 1 aromatic carbocycles. The first-order chi connectivity index (χ1) is 7.09. The average molecular weight is 319 g/mol. The number of amides is 1. The third kappa shape index (κ3) is 4.61. The molecule has 0 aliphatic heterocycles. The predicted molar refractivity (Wildman–Crippen MR) is 68.9 cm³/mol. The second-order valence-corrected chi connectivity index (χ2v) is 4.55. The van der Waals surface area contributed by atoms with Gasteiger partial charge in [-0.25, -0.2) is 0 Å². The second kappa shape index (κ2) is 6.07. The zero-order valence-electron chi connectivity index (χ0n) is 8.79. The van der Waals surface area contributed by atoms with Gasteiger partial charge in [0.05, 0.1) is 11.8 Å². The first-order valence-electron chi connectivity index (χ1n) is 4.75. The lowest BCUT2D eigenvalue weighted by Crippen LogP contribution is -2.21. The highest BCUT2D eigenvalue weighted by atomic mass is 127. The molecule has 15 heavy (non-hydrogen) atoms. The summed E-state index contributed by atoms with van der Waals surface area (Å²) in [6.45, 7) is 3.90. The van der Waals surface area contributed by atoms with Crippen molar-refractivity contribution in [3.8, 4) is 0 Å². The Morgan fingerprint density at radius 2 is 2.13 bits per heavy atom. The molecule has 0 saturated carbocycles. The fourth-order valence-electron chi connectivity index (χ4n) is 0.991. The Morgan fingerprint density at radius 3 is 2.73 bits per heavy atom. The number of halogens is 1. The Morgan fingerprint density at radius 1 is 1.47 bits per heavy atom.